The Hall–Kier alpha value is -1.36. The first kappa shape index (κ1) is 9.21. The lowest BCUT2D eigenvalue weighted by molar-refractivity contribution is 0.0954. The van der Waals surface area contributed by atoms with Crippen molar-refractivity contribution in [3.05, 3.63) is 28.5 Å². The average Bonchev–Trinajstić information content (AvgIpc) is 2.62. The van der Waals surface area contributed by atoms with E-state index in [0.29, 0.717) is 5.82 Å². The number of rotatable bonds is 1. The van der Waals surface area contributed by atoms with Crippen molar-refractivity contribution < 1.29 is 4.79 Å². The molecule has 0 saturated carbocycles. The maximum atomic E-state index is 11.3. The summed E-state index contributed by atoms with van der Waals surface area (Å²) in [6, 6.07) is 5.65. The molecule has 72 valence electrons. The first-order chi connectivity index (χ1) is 6.72. The number of carbonyl (C=O) groups is 1. The van der Waals surface area contributed by atoms with Gasteiger partial charge in [0.15, 0.2) is 5.82 Å². The van der Waals surface area contributed by atoms with E-state index in [9.17, 15) is 4.79 Å². The van der Waals surface area contributed by atoms with Crippen LogP contribution in [0.3, 0.4) is 0 Å². The molecule has 0 unspecified atom stereocenters. The van der Waals surface area contributed by atoms with E-state index in [1.807, 2.05) is 18.2 Å². The van der Waals surface area contributed by atoms with E-state index in [2.05, 4.69) is 31.2 Å². The number of halogens is 1. The van der Waals surface area contributed by atoms with Crippen molar-refractivity contribution in [3.63, 3.8) is 0 Å². The summed E-state index contributed by atoms with van der Waals surface area (Å²) in [4.78, 5) is 18.4. The summed E-state index contributed by atoms with van der Waals surface area (Å²) < 4.78 is 0.876. The van der Waals surface area contributed by atoms with Gasteiger partial charge in [0.1, 0.15) is 5.52 Å². The van der Waals surface area contributed by atoms with Crippen LogP contribution in [0.1, 0.15) is 10.6 Å². The number of fused-ring (bicyclic) bond motifs is 1. The van der Waals surface area contributed by atoms with Crippen molar-refractivity contribution >= 4 is 32.9 Å². The average molecular weight is 254 g/mol. The Morgan fingerprint density at radius 3 is 3.00 bits per heavy atom. The molecule has 1 amide bonds. The van der Waals surface area contributed by atoms with Gasteiger partial charge < -0.3 is 10.3 Å². The molecule has 1 heterocycles. The molecule has 0 saturated heterocycles. The maximum absolute atomic E-state index is 11.3. The van der Waals surface area contributed by atoms with Gasteiger partial charge in [-0.1, -0.05) is 6.07 Å². The van der Waals surface area contributed by atoms with Gasteiger partial charge in [-0.3, -0.25) is 4.79 Å². The zero-order valence-electron chi connectivity index (χ0n) is 7.47. The summed E-state index contributed by atoms with van der Waals surface area (Å²) in [6.07, 6.45) is 0. The van der Waals surface area contributed by atoms with Gasteiger partial charge in [0, 0.05) is 11.5 Å². The summed E-state index contributed by atoms with van der Waals surface area (Å²) in [5, 5.41) is 2.51. The fourth-order valence-electron chi connectivity index (χ4n) is 1.22. The Morgan fingerprint density at radius 2 is 2.36 bits per heavy atom. The van der Waals surface area contributed by atoms with Crippen molar-refractivity contribution in [2.45, 2.75) is 0 Å². The second kappa shape index (κ2) is 3.42. The zero-order chi connectivity index (χ0) is 10.1. The van der Waals surface area contributed by atoms with E-state index < -0.39 is 0 Å². The summed E-state index contributed by atoms with van der Waals surface area (Å²) in [5.74, 6) is 0.113. The van der Waals surface area contributed by atoms with Crippen molar-refractivity contribution in [2.24, 2.45) is 0 Å². The quantitative estimate of drug-likeness (QED) is 0.813. The fourth-order valence-corrected chi connectivity index (χ4v) is 1.68. The molecule has 0 fully saturated rings. The predicted octanol–water partition coefficient (Wildman–Crippen LogP) is 1.68. The van der Waals surface area contributed by atoms with Crippen LogP contribution in [0.2, 0.25) is 0 Å². The molecule has 4 nitrogen and oxygen atoms in total. The van der Waals surface area contributed by atoms with E-state index in [4.69, 9.17) is 0 Å². The van der Waals surface area contributed by atoms with Crippen molar-refractivity contribution in [2.75, 3.05) is 7.05 Å². The molecule has 0 aliphatic rings. The number of hydrogen-bond acceptors (Lipinski definition) is 2. The third kappa shape index (κ3) is 1.39. The molecular weight excluding hydrogens is 246 g/mol. The predicted molar refractivity (Wildman–Crippen MR) is 57.2 cm³/mol. The standard InChI is InChI=1S/C9H8BrN3O/c1-11-9(14)8-12-6-4-2-3-5(10)7(6)13-8/h2-4H,1H3,(H,11,14)(H,12,13). The van der Waals surface area contributed by atoms with Crippen LogP contribution in [-0.2, 0) is 0 Å². The van der Waals surface area contributed by atoms with Crippen LogP contribution in [0.4, 0.5) is 0 Å². The number of benzene rings is 1. The van der Waals surface area contributed by atoms with Crippen LogP contribution in [0.15, 0.2) is 22.7 Å². The Labute approximate surface area is 88.9 Å². The van der Waals surface area contributed by atoms with Gasteiger partial charge in [0.25, 0.3) is 5.91 Å². The molecule has 14 heavy (non-hydrogen) atoms. The number of nitrogens with zero attached hydrogens (tertiary/aromatic N) is 1. The largest absolute Gasteiger partial charge is 0.352 e. The van der Waals surface area contributed by atoms with Crippen LogP contribution in [-0.4, -0.2) is 22.9 Å². The number of carbonyl (C=O) groups excluding carboxylic acids is 1. The second-order valence-electron chi connectivity index (χ2n) is 2.80. The lowest BCUT2D eigenvalue weighted by Crippen LogP contribution is -2.19. The first-order valence-electron chi connectivity index (χ1n) is 4.08. The molecule has 1 aromatic heterocycles. The van der Waals surface area contributed by atoms with Crippen LogP contribution >= 0.6 is 15.9 Å². The Kier molecular flexibility index (Phi) is 2.25. The third-order valence-electron chi connectivity index (χ3n) is 1.91. The van der Waals surface area contributed by atoms with E-state index >= 15 is 0 Å². The first-order valence-corrected chi connectivity index (χ1v) is 4.88. The van der Waals surface area contributed by atoms with E-state index in [0.717, 1.165) is 15.5 Å². The molecule has 0 radical (unpaired) electrons. The lowest BCUT2D eigenvalue weighted by Gasteiger charge is -1.90. The SMILES string of the molecule is CNC(=O)c1nc2c(Br)cccc2[nH]1. The third-order valence-corrected chi connectivity index (χ3v) is 2.55. The van der Waals surface area contributed by atoms with Crippen LogP contribution < -0.4 is 5.32 Å². The normalized spacial score (nSPS) is 10.4. The number of para-hydroxylation sites is 1. The molecule has 1 aromatic carbocycles. The topological polar surface area (TPSA) is 57.8 Å². The summed E-state index contributed by atoms with van der Waals surface area (Å²) in [5.41, 5.74) is 1.61. The summed E-state index contributed by atoms with van der Waals surface area (Å²) in [6.45, 7) is 0. The maximum Gasteiger partial charge on any atom is 0.286 e. The highest BCUT2D eigenvalue weighted by atomic mass is 79.9. The molecule has 0 aliphatic heterocycles. The number of imidazole rings is 1. The molecule has 5 heteroatoms. The molecule has 0 atom stereocenters. The minimum Gasteiger partial charge on any atom is -0.352 e. The lowest BCUT2D eigenvalue weighted by atomic mass is 10.3. The van der Waals surface area contributed by atoms with Crippen molar-refractivity contribution in [3.8, 4) is 0 Å². The number of H-pyrrole nitrogens is 1. The highest BCUT2D eigenvalue weighted by Crippen LogP contribution is 2.21. The van der Waals surface area contributed by atoms with E-state index in [1.165, 1.54) is 0 Å². The molecule has 0 spiro atoms. The smallest absolute Gasteiger partial charge is 0.286 e. The summed E-state index contributed by atoms with van der Waals surface area (Å²) >= 11 is 3.37. The van der Waals surface area contributed by atoms with Gasteiger partial charge in [0.05, 0.1) is 5.52 Å². The van der Waals surface area contributed by atoms with Gasteiger partial charge in [-0.25, -0.2) is 4.98 Å². The molecule has 0 aliphatic carbocycles. The number of hydrogen-bond donors (Lipinski definition) is 2. The molecule has 2 rings (SSSR count). The van der Waals surface area contributed by atoms with Crippen molar-refractivity contribution in [1.29, 1.82) is 0 Å². The molecule has 2 N–H and O–H groups in total. The van der Waals surface area contributed by atoms with Gasteiger partial charge in [-0.05, 0) is 28.1 Å². The Morgan fingerprint density at radius 1 is 1.57 bits per heavy atom. The highest BCUT2D eigenvalue weighted by Gasteiger charge is 2.10. The Balaban J connectivity index is 2.62. The van der Waals surface area contributed by atoms with Gasteiger partial charge in [0.2, 0.25) is 0 Å². The summed E-state index contributed by atoms with van der Waals surface area (Å²) in [7, 11) is 1.57. The minimum absolute atomic E-state index is 0.215. The van der Waals surface area contributed by atoms with Gasteiger partial charge >= 0.3 is 0 Å². The molecular formula is C9H8BrN3O. The number of amides is 1. The van der Waals surface area contributed by atoms with Crippen molar-refractivity contribution in [1.82, 2.24) is 15.3 Å². The number of aromatic amines is 1. The van der Waals surface area contributed by atoms with Crippen LogP contribution in [0.25, 0.3) is 11.0 Å². The van der Waals surface area contributed by atoms with Gasteiger partial charge in [-0.15, -0.1) is 0 Å². The monoisotopic (exact) mass is 253 g/mol. The number of nitrogens with one attached hydrogen (secondary N) is 2. The molecule has 2 aromatic rings. The fraction of sp³-hybridized carbons (Fsp3) is 0.111. The Bertz CT molecular complexity index is 492. The van der Waals surface area contributed by atoms with E-state index in [1.54, 1.807) is 7.05 Å². The van der Waals surface area contributed by atoms with Crippen LogP contribution in [0.5, 0.6) is 0 Å². The highest BCUT2D eigenvalue weighted by molar-refractivity contribution is 9.10. The molecule has 0 bridgehead atoms. The van der Waals surface area contributed by atoms with Gasteiger partial charge in [-0.2, -0.15) is 0 Å². The number of aromatic nitrogens is 2. The minimum atomic E-state index is -0.215. The van der Waals surface area contributed by atoms with E-state index in [-0.39, 0.29) is 5.91 Å². The zero-order valence-corrected chi connectivity index (χ0v) is 9.05. The second-order valence-corrected chi connectivity index (χ2v) is 3.65. The van der Waals surface area contributed by atoms with Crippen LogP contribution in [0, 0.1) is 0 Å².